The molecule has 0 spiro atoms. The van der Waals surface area contributed by atoms with Gasteiger partial charge in [-0.2, -0.15) is 0 Å². The second kappa shape index (κ2) is 18.2. The number of nitrogens with zero attached hydrogens (tertiary/aromatic N) is 3. The number of benzene rings is 1. The monoisotopic (exact) mass is 728 g/mol. The van der Waals surface area contributed by atoms with E-state index in [1.165, 1.54) is 41.7 Å². The quantitative estimate of drug-likeness (QED) is 0.195. The molecule has 4 rings (SSSR count). The molecule has 3 fully saturated rings. The molecule has 0 unspecified atom stereocenters. The molecular formula is C36H49ClN6O8. The Labute approximate surface area is 303 Å². The van der Waals surface area contributed by atoms with Crippen LogP contribution in [0.2, 0.25) is 5.02 Å². The van der Waals surface area contributed by atoms with E-state index in [9.17, 15) is 33.6 Å². The first kappa shape index (κ1) is 39.3. The minimum absolute atomic E-state index is 0.0362. The molecule has 0 saturated carbocycles. The van der Waals surface area contributed by atoms with Gasteiger partial charge in [0.05, 0.1) is 0 Å². The van der Waals surface area contributed by atoms with Crippen LogP contribution in [0.3, 0.4) is 0 Å². The van der Waals surface area contributed by atoms with Crippen LogP contribution in [0, 0.1) is 0 Å². The zero-order valence-electron chi connectivity index (χ0n) is 29.7. The van der Waals surface area contributed by atoms with Crippen LogP contribution in [0.5, 0.6) is 0 Å². The zero-order chi connectivity index (χ0) is 37.2. The standard InChI is InChI=1S/C36H49ClN6O8/c1-5-6-7-8-16-30(44)39-26(20-24-12-9-13-25(37)19-24)32(46)40-27-21-51-36(50)29-15-11-18-43(29)33(47)22(2)38-31(45)23(3)41(4)35(49)28-14-10-17-42(28)34(27)48/h8-9,12-13,16,19,22-23,26-29H,5-7,10-11,14-15,17-18,20-21H2,1-4H3,(H,38,45)(H,39,44)(H,40,46)/b16-8+/t22-,23-,26-,27-,28-,29-/m0/s1. The third kappa shape index (κ3) is 10.1. The molecule has 0 bridgehead atoms. The number of halogens is 1. The fourth-order valence-corrected chi connectivity index (χ4v) is 6.77. The van der Waals surface area contributed by atoms with Gasteiger partial charge >= 0.3 is 5.97 Å². The van der Waals surface area contributed by atoms with Crippen molar-refractivity contribution in [2.75, 3.05) is 26.7 Å². The van der Waals surface area contributed by atoms with Gasteiger partial charge in [-0.25, -0.2) is 4.79 Å². The number of hydrogen-bond acceptors (Lipinski definition) is 8. The predicted molar refractivity (Wildman–Crippen MR) is 188 cm³/mol. The Hall–Kier alpha value is -4.46. The van der Waals surface area contributed by atoms with Gasteiger partial charge < -0.3 is 35.4 Å². The van der Waals surface area contributed by atoms with E-state index < -0.39 is 84.3 Å². The van der Waals surface area contributed by atoms with Crippen molar-refractivity contribution in [3.05, 3.63) is 47.0 Å². The molecule has 14 nitrogen and oxygen atoms in total. The van der Waals surface area contributed by atoms with Crippen LogP contribution in [0.1, 0.15) is 71.3 Å². The lowest BCUT2D eigenvalue weighted by Crippen LogP contribution is -2.60. The topological polar surface area (TPSA) is 175 Å². The fraction of sp³-hybridized carbons (Fsp3) is 0.583. The molecule has 3 heterocycles. The number of carbonyl (C=O) groups excluding carboxylic acids is 7. The summed E-state index contributed by atoms with van der Waals surface area (Å²) in [7, 11) is 1.46. The van der Waals surface area contributed by atoms with Crippen molar-refractivity contribution in [2.45, 2.75) is 108 Å². The molecule has 1 aromatic carbocycles. The summed E-state index contributed by atoms with van der Waals surface area (Å²) < 4.78 is 5.64. The van der Waals surface area contributed by atoms with E-state index in [-0.39, 0.29) is 19.5 Å². The molecule has 3 aliphatic heterocycles. The van der Waals surface area contributed by atoms with E-state index in [0.717, 1.165) is 12.8 Å². The molecule has 1 aromatic rings. The van der Waals surface area contributed by atoms with Gasteiger partial charge in [-0.3, -0.25) is 28.8 Å². The van der Waals surface area contributed by atoms with E-state index in [1.807, 2.05) is 6.92 Å². The number of fused-ring (bicyclic) bond motifs is 2. The highest BCUT2D eigenvalue weighted by molar-refractivity contribution is 6.30. The lowest BCUT2D eigenvalue weighted by atomic mass is 10.0. The van der Waals surface area contributed by atoms with Crippen molar-refractivity contribution < 1.29 is 38.3 Å². The van der Waals surface area contributed by atoms with Gasteiger partial charge in [0.1, 0.15) is 42.9 Å². The highest BCUT2D eigenvalue weighted by atomic mass is 35.5. The summed E-state index contributed by atoms with van der Waals surface area (Å²) in [6.07, 6.45) is 7.29. The third-order valence-corrected chi connectivity index (χ3v) is 9.86. The number of esters is 1. The number of nitrogens with one attached hydrogen (secondary N) is 3. The summed E-state index contributed by atoms with van der Waals surface area (Å²) in [6, 6.07) is 0.382. The molecule has 15 heteroatoms. The second-order valence-electron chi connectivity index (χ2n) is 13.4. The van der Waals surface area contributed by atoms with Crippen molar-refractivity contribution in [1.29, 1.82) is 0 Å². The number of rotatable bonds is 9. The lowest BCUT2D eigenvalue weighted by Gasteiger charge is -2.34. The number of hydrogen-bond donors (Lipinski definition) is 3. The minimum atomic E-state index is -1.43. The van der Waals surface area contributed by atoms with Crippen molar-refractivity contribution in [3.63, 3.8) is 0 Å². The summed E-state index contributed by atoms with van der Waals surface area (Å²) >= 11 is 6.20. The third-order valence-electron chi connectivity index (χ3n) is 9.63. The Balaban J connectivity index is 1.65. The molecule has 0 aromatic heterocycles. The number of amides is 6. The predicted octanol–water partition coefficient (Wildman–Crippen LogP) is 1.49. The van der Waals surface area contributed by atoms with Crippen molar-refractivity contribution in [1.82, 2.24) is 30.7 Å². The van der Waals surface area contributed by atoms with Gasteiger partial charge in [-0.1, -0.05) is 49.6 Å². The van der Waals surface area contributed by atoms with Gasteiger partial charge in [0, 0.05) is 31.6 Å². The fourth-order valence-electron chi connectivity index (χ4n) is 6.56. The second-order valence-corrected chi connectivity index (χ2v) is 13.8. The zero-order valence-corrected chi connectivity index (χ0v) is 30.4. The van der Waals surface area contributed by atoms with Crippen LogP contribution in [-0.4, -0.2) is 119 Å². The van der Waals surface area contributed by atoms with Gasteiger partial charge in [0.15, 0.2) is 0 Å². The summed E-state index contributed by atoms with van der Waals surface area (Å²) in [5.74, 6) is -4.18. The molecule has 278 valence electrons. The molecule has 3 aliphatic rings. The number of unbranched alkanes of at least 4 members (excludes halogenated alkanes) is 2. The van der Waals surface area contributed by atoms with Crippen molar-refractivity contribution >= 4 is 53.0 Å². The van der Waals surface area contributed by atoms with Crippen molar-refractivity contribution in [2.24, 2.45) is 0 Å². The summed E-state index contributed by atoms with van der Waals surface area (Å²) in [4.78, 5) is 98.7. The molecule has 3 saturated heterocycles. The highest BCUT2D eigenvalue weighted by Crippen LogP contribution is 2.23. The molecule has 0 radical (unpaired) electrons. The SMILES string of the molecule is CCCC/C=C/C(=O)N[C@@H](Cc1cccc(Cl)c1)C(=O)N[C@H]1COC(=O)[C@@H]2CCCN2C(=O)[C@H](C)NC(=O)[C@H](C)N(C)C(=O)[C@@H]2CCCN2C1=O. The maximum absolute atomic E-state index is 14.2. The average molecular weight is 729 g/mol. The molecule has 6 amide bonds. The molecule has 6 atom stereocenters. The number of ether oxygens (including phenoxy) is 1. The van der Waals surface area contributed by atoms with Crippen LogP contribution >= 0.6 is 11.6 Å². The van der Waals surface area contributed by atoms with Crippen LogP contribution in [0.15, 0.2) is 36.4 Å². The number of likely N-dealkylation sites (N-methyl/N-ethyl adjacent to an activating group) is 1. The van der Waals surface area contributed by atoms with E-state index in [0.29, 0.717) is 42.7 Å². The first-order valence-corrected chi connectivity index (χ1v) is 18.1. The summed E-state index contributed by atoms with van der Waals surface area (Å²) in [5.41, 5.74) is 0.653. The summed E-state index contributed by atoms with van der Waals surface area (Å²) in [5, 5.41) is 8.50. The van der Waals surface area contributed by atoms with Gasteiger partial charge in [-0.15, -0.1) is 0 Å². The first-order chi connectivity index (χ1) is 24.3. The Morgan fingerprint density at radius 3 is 2.39 bits per heavy atom. The van der Waals surface area contributed by atoms with Crippen molar-refractivity contribution in [3.8, 4) is 0 Å². The minimum Gasteiger partial charge on any atom is -0.461 e. The maximum atomic E-state index is 14.2. The van der Waals surface area contributed by atoms with E-state index in [2.05, 4.69) is 16.0 Å². The first-order valence-electron chi connectivity index (χ1n) is 17.7. The normalized spacial score (nSPS) is 25.7. The Morgan fingerprint density at radius 2 is 1.71 bits per heavy atom. The smallest absolute Gasteiger partial charge is 0.328 e. The number of allylic oxidation sites excluding steroid dienone is 1. The summed E-state index contributed by atoms with van der Waals surface area (Å²) in [6.45, 7) is 4.96. The maximum Gasteiger partial charge on any atom is 0.328 e. The Bertz CT molecular complexity index is 1520. The van der Waals surface area contributed by atoms with E-state index in [4.69, 9.17) is 16.3 Å². The number of carbonyl (C=O) groups is 7. The lowest BCUT2D eigenvalue weighted by molar-refractivity contribution is -0.158. The molecule has 51 heavy (non-hydrogen) atoms. The van der Waals surface area contributed by atoms with Gasteiger partial charge in [0.2, 0.25) is 35.4 Å². The molecule has 3 N–H and O–H groups in total. The van der Waals surface area contributed by atoms with E-state index in [1.54, 1.807) is 30.3 Å². The molecular weight excluding hydrogens is 680 g/mol. The van der Waals surface area contributed by atoms with Crippen LogP contribution < -0.4 is 16.0 Å². The van der Waals surface area contributed by atoms with Crippen LogP contribution in [-0.2, 0) is 44.7 Å². The molecule has 0 aliphatic carbocycles. The van der Waals surface area contributed by atoms with E-state index >= 15 is 0 Å². The highest BCUT2D eigenvalue weighted by Gasteiger charge is 2.43. The van der Waals surface area contributed by atoms with Gasteiger partial charge in [0.25, 0.3) is 0 Å². The average Bonchev–Trinajstić information content (AvgIpc) is 3.80. The van der Waals surface area contributed by atoms with Crippen LogP contribution in [0.25, 0.3) is 0 Å². The largest absolute Gasteiger partial charge is 0.461 e. The van der Waals surface area contributed by atoms with Crippen LogP contribution in [0.4, 0.5) is 0 Å². The Morgan fingerprint density at radius 1 is 1.02 bits per heavy atom. The van der Waals surface area contributed by atoms with Gasteiger partial charge in [-0.05, 0) is 69.7 Å². The Kier molecular flexibility index (Phi) is 14.0. The number of cyclic esters (lactones) is 1.